The Balaban J connectivity index is 2.03. The van der Waals surface area contributed by atoms with Crippen LogP contribution in [0, 0.1) is 0 Å². The van der Waals surface area contributed by atoms with Crippen molar-refractivity contribution in [2.45, 2.75) is 69.9 Å². The highest BCUT2D eigenvalue weighted by Crippen LogP contribution is 2.20. The summed E-state index contributed by atoms with van der Waals surface area (Å²) in [5.41, 5.74) is 24.9. The number of carbonyl (C=O) groups is 3. The van der Waals surface area contributed by atoms with Gasteiger partial charge in [0.05, 0.1) is 6.42 Å². The highest BCUT2D eigenvalue weighted by Gasteiger charge is 2.26. The Morgan fingerprint density at radius 1 is 0.714 bits per heavy atom. The Hall–Kier alpha value is -3.96. The molecule has 0 unspecified atom stereocenters. The summed E-state index contributed by atoms with van der Waals surface area (Å²) in [6.07, 6.45) is 5.19. The van der Waals surface area contributed by atoms with Gasteiger partial charge in [0.15, 0.2) is 5.96 Å². The van der Waals surface area contributed by atoms with Crippen LogP contribution in [0.1, 0.15) is 56.9 Å². The van der Waals surface area contributed by atoms with E-state index in [9.17, 15) is 14.4 Å². The number of nitrogens with one attached hydrogen (secondary N) is 3. The van der Waals surface area contributed by atoms with E-state index in [-0.39, 0.29) is 30.1 Å². The van der Waals surface area contributed by atoms with Crippen molar-refractivity contribution < 1.29 is 14.4 Å². The van der Waals surface area contributed by atoms with Crippen LogP contribution >= 0.6 is 0 Å². The number of nitrogens with zero attached hydrogens (tertiary/aromatic N) is 1. The average molecular weight is 581 g/mol. The molecule has 0 spiro atoms. The van der Waals surface area contributed by atoms with E-state index < -0.39 is 12.1 Å². The van der Waals surface area contributed by atoms with Crippen LogP contribution in [-0.2, 0) is 20.8 Å². The SMILES string of the molecule is NCCCC[C@H](NC(=O)Cc1cccc(-c2ccccc2)c1)C(=O)N[C@@H](CCCCN)C(=O)NCCCCN=C(N)N. The van der Waals surface area contributed by atoms with E-state index in [1.807, 2.05) is 54.6 Å². The molecular weight excluding hydrogens is 532 g/mol. The van der Waals surface area contributed by atoms with Crippen molar-refractivity contribution in [3.8, 4) is 11.1 Å². The van der Waals surface area contributed by atoms with Crippen molar-refractivity contribution in [1.82, 2.24) is 16.0 Å². The number of amides is 3. The normalized spacial score (nSPS) is 12.1. The lowest BCUT2D eigenvalue weighted by Gasteiger charge is -2.23. The van der Waals surface area contributed by atoms with Gasteiger partial charge in [0.2, 0.25) is 17.7 Å². The van der Waals surface area contributed by atoms with Crippen molar-refractivity contribution in [3.63, 3.8) is 0 Å². The minimum atomic E-state index is -0.786. The molecule has 2 aromatic rings. The van der Waals surface area contributed by atoms with Crippen LogP contribution in [0.15, 0.2) is 59.6 Å². The van der Waals surface area contributed by atoms with Crippen LogP contribution in [0.25, 0.3) is 11.1 Å². The second-order valence-corrected chi connectivity index (χ2v) is 10.3. The van der Waals surface area contributed by atoms with Crippen LogP contribution < -0.4 is 38.9 Å². The number of nitrogens with two attached hydrogens (primary N) is 4. The number of aliphatic imine (C=N–C) groups is 1. The molecule has 0 aliphatic carbocycles. The highest BCUT2D eigenvalue weighted by molar-refractivity contribution is 5.92. The topological polar surface area (TPSA) is 204 Å². The third kappa shape index (κ3) is 13.6. The number of hydrogen-bond donors (Lipinski definition) is 7. The van der Waals surface area contributed by atoms with Gasteiger partial charge in [-0.15, -0.1) is 0 Å². The quantitative estimate of drug-likeness (QED) is 0.0694. The second-order valence-electron chi connectivity index (χ2n) is 10.3. The van der Waals surface area contributed by atoms with Gasteiger partial charge in [-0.2, -0.15) is 0 Å². The Morgan fingerprint density at radius 2 is 1.36 bits per heavy atom. The van der Waals surface area contributed by atoms with E-state index in [2.05, 4.69) is 20.9 Å². The standard InChI is InChI=1S/C31H48N8O3/c32-17-6-4-15-26(29(41)36-19-8-9-20-37-31(34)35)39-30(42)27(16-5-7-18-33)38-28(40)22-23-11-10-14-25(21-23)24-12-2-1-3-13-24/h1-3,10-14,21,26-27H,4-9,15-20,22,32-33H2,(H,36,41)(H,38,40)(H,39,42)(H4,34,35,37)/t26-,27-/m0/s1. The first-order chi connectivity index (χ1) is 20.3. The molecule has 0 heterocycles. The lowest BCUT2D eigenvalue weighted by atomic mass is 10.0. The molecule has 11 heteroatoms. The monoisotopic (exact) mass is 580 g/mol. The molecule has 11 nitrogen and oxygen atoms in total. The van der Waals surface area contributed by atoms with Gasteiger partial charge in [-0.1, -0.05) is 54.6 Å². The summed E-state index contributed by atoms with van der Waals surface area (Å²) in [6, 6.07) is 16.2. The summed E-state index contributed by atoms with van der Waals surface area (Å²) < 4.78 is 0. The van der Waals surface area contributed by atoms with Crippen molar-refractivity contribution >= 4 is 23.7 Å². The lowest BCUT2D eigenvalue weighted by molar-refractivity contribution is -0.132. The van der Waals surface area contributed by atoms with Gasteiger partial charge in [-0.25, -0.2) is 0 Å². The van der Waals surface area contributed by atoms with E-state index in [1.54, 1.807) is 0 Å². The van der Waals surface area contributed by atoms with Crippen LogP contribution in [-0.4, -0.2) is 61.9 Å². The maximum Gasteiger partial charge on any atom is 0.243 e. The molecule has 0 aliphatic heterocycles. The zero-order valence-electron chi connectivity index (χ0n) is 24.5. The van der Waals surface area contributed by atoms with Gasteiger partial charge < -0.3 is 38.9 Å². The largest absolute Gasteiger partial charge is 0.370 e. The molecule has 0 aromatic heterocycles. The van der Waals surface area contributed by atoms with Crippen LogP contribution in [0.4, 0.5) is 0 Å². The van der Waals surface area contributed by atoms with E-state index in [0.717, 1.165) is 29.5 Å². The summed E-state index contributed by atoms with van der Waals surface area (Å²) in [7, 11) is 0. The maximum absolute atomic E-state index is 13.4. The number of unbranched alkanes of at least 4 members (excludes halogenated alkanes) is 3. The van der Waals surface area contributed by atoms with Gasteiger partial charge >= 0.3 is 0 Å². The predicted octanol–water partition coefficient (Wildman–Crippen LogP) is 1.29. The first-order valence-electron chi connectivity index (χ1n) is 14.8. The van der Waals surface area contributed by atoms with Crippen LogP contribution in [0.3, 0.4) is 0 Å². The molecule has 42 heavy (non-hydrogen) atoms. The first-order valence-corrected chi connectivity index (χ1v) is 14.8. The summed E-state index contributed by atoms with van der Waals surface area (Å²) >= 11 is 0. The predicted molar refractivity (Wildman–Crippen MR) is 168 cm³/mol. The van der Waals surface area contributed by atoms with Crippen LogP contribution in [0.2, 0.25) is 0 Å². The fourth-order valence-corrected chi connectivity index (χ4v) is 4.50. The molecule has 2 rings (SSSR count). The fourth-order valence-electron chi connectivity index (χ4n) is 4.50. The number of benzene rings is 2. The minimum absolute atomic E-state index is 0.0375. The molecule has 0 saturated heterocycles. The summed E-state index contributed by atoms with van der Waals surface area (Å²) in [6.45, 7) is 1.90. The number of guanidine groups is 1. The van der Waals surface area contributed by atoms with Crippen molar-refractivity contribution in [3.05, 3.63) is 60.2 Å². The molecule has 0 bridgehead atoms. The van der Waals surface area contributed by atoms with E-state index >= 15 is 0 Å². The Kier molecular flexibility index (Phi) is 16.3. The number of carbonyl (C=O) groups excluding carboxylic acids is 3. The zero-order chi connectivity index (χ0) is 30.6. The Bertz CT molecular complexity index is 1120. The molecule has 0 saturated carbocycles. The lowest BCUT2D eigenvalue weighted by Crippen LogP contribution is -2.54. The maximum atomic E-state index is 13.4. The number of rotatable bonds is 20. The van der Waals surface area contributed by atoms with Gasteiger partial charge in [0.25, 0.3) is 0 Å². The van der Waals surface area contributed by atoms with Crippen LogP contribution in [0.5, 0.6) is 0 Å². The number of hydrogen-bond acceptors (Lipinski definition) is 6. The first kappa shape index (κ1) is 34.2. The summed E-state index contributed by atoms with van der Waals surface area (Å²) in [4.78, 5) is 43.4. The van der Waals surface area contributed by atoms with Gasteiger partial charge in [-0.3, -0.25) is 19.4 Å². The molecule has 230 valence electrons. The Morgan fingerprint density at radius 3 is 2.00 bits per heavy atom. The molecule has 11 N–H and O–H groups in total. The van der Waals surface area contributed by atoms with Gasteiger partial charge in [0.1, 0.15) is 12.1 Å². The highest BCUT2D eigenvalue weighted by atomic mass is 16.2. The zero-order valence-corrected chi connectivity index (χ0v) is 24.5. The van der Waals surface area contributed by atoms with Crippen molar-refractivity contribution in [2.75, 3.05) is 26.2 Å². The van der Waals surface area contributed by atoms with E-state index in [0.29, 0.717) is 64.7 Å². The fraction of sp³-hybridized carbons (Fsp3) is 0.484. The Labute approximate surface area is 249 Å². The summed E-state index contributed by atoms with van der Waals surface area (Å²) in [5.74, 6) is -0.889. The smallest absolute Gasteiger partial charge is 0.243 e. The molecule has 2 atom stereocenters. The molecule has 0 radical (unpaired) electrons. The molecule has 3 amide bonds. The summed E-state index contributed by atoms with van der Waals surface area (Å²) in [5, 5.41) is 8.66. The average Bonchev–Trinajstić information content (AvgIpc) is 2.98. The van der Waals surface area contributed by atoms with Gasteiger partial charge in [-0.05, 0) is 81.1 Å². The molecule has 2 aromatic carbocycles. The molecule has 0 aliphatic rings. The van der Waals surface area contributed by atoms with E-state index in [4.69, 9.17) is 22.9 Å². The third-order valence-electron chi connectivity index (χ3n) is 6.76. The molecule has 0 fully saturated rings. The third-order valence-corrected chi connectivity index (χ3v) is 6.76. The second kappa shape index (κ2) is 20.0. The molecular formula is C31H48N8O3. The van der Waals surface area contributed by atoms with E-state index in [1.165, 1.54) is 0 Å². The minimum Gasteiger partial charge on any atom is -0.370 e. The van der Waals surface area contributed by atoms with Crippen molar-refractivity contribution in [2.24, 2.45) is 27.9 Å². The van der Waals surface area contributed by atoms with Crippen molar-refractivity contribution in [1.29, 1.82) is 0 Å². The van der Waals surface area contributed by atoms with Gasteiger partial charge in [0, 0.05) is 13.1 Å².